The summed E-state index contributed by atoms with van der Waals surface area (Å²) < 4.78 is 0. The SMILES string of the molecule is CC(C)(C)[Si](C1CCCCC1)(C1CCCCC1)C(C)(C)C. The molecule has 0 amide bonds. The largest absolute Gasteiger partial charge is 0.0705 e. The molecule has 0 aromatic carbocycles. The smallest absolute Gasteiger partial charge is 0.0625 e. The van der Waals surface area contributed by atoms with Crippen molar-refractivity contribution in [2.75, 3.05) is 0 Å². The van der Waals surface area contributed by atoms with E-state index in [0.29, 0.717) is 10.1 Å². The average molecular weight is 309 g/mol. The molecule has 1 heteroatoms. The van der Waals surface area contributed by atoms with Crippen LogP contribution in [0.4, 0.5) is 0 Å². The summed E-state index contributed by atoms with van der Waals surface area (Å²) in [5.74, 6) is 0. The van der Waals surface area contributed by atoms with E-state index >= 15 is 0 Å². The third-order valence-electron chi connectivity index (χ3n) is 6.98. The quantitative estimate of drug-likeness (QED) is 0.458. The molecule has 2 aliphatic carbocycles. The van der Waals surface area contributed by atoms with Crippen molar-refractivity contribution in [1.82, 2.24) is 0 Å². The van der Waals surface area contributed by atoms with Crippen LogP contribution in [0.25, 0.3) is 0 Å². The van der Waals surface area contributed by atoms with Crippen molar-refractivity contribution in [2.45, 2.75) is 127 Å². The molecule has 0 unspecified atom stereocenters. The van der Waals surface area contributed by atoms with Crippen LogP contribution < -0.4 is 0 Å². The van der Waals surface area contributed by atoms with E-state index in [-0.39, 0.29) is 0 Å². The molecular formula is C20H40Si. The molecule has 0 atom stereocenters. The van der Waals surface area contributed by atoms with Crippen LogP contribution in [0.2, 0.25) is 21.2 Å². The maximum absolute atomic E-state index is 2.62. The third kappa shape index (κ3) is 3.14. The van der Waals surface area contributed by atoms with Crippen molar-refractivity contribution in [3.05, 3.63) is 0 Å². The van der Waals surface area contributed by atoms with Gasteiger partial charge in [0.1, 0.15) is 0 Å². The summed E-state index contributed by atoms with van der Waals surface area (Å²) in [6.07, 6.45) is 15.3. The lowest BCUT2D eigenvalue weighted by atomic mass is 9.99. The highest BCUT2D eigenvalue weighted by molar-refractivity contribution is 6.87. The Morgan fingerprint density at radius 2 is 0.810 bits per heavy atom. The summed E-state index contributed by atoms with van der Waals surface area (Å²) in [4.78, 5) is 0. The van der Waals surface area contributed by atoms with Crippen molar-refractivity contribution >= 4 is 8.07 Å². The van der Waals surface area contributed by atoms with E-state index in [2.05, 4.69) is 41.5 Å². The van der Waals surface area contributed by atoms with Gasteiger partial charge in [0.2, 0.25) is 0 Å². The summed E-state index contributed by atoms with van der Waals surface area (Å²) in [5, 5.41) is 1.10. The Morgan fingerprint density at radius 1 is 0.524 bits per heavy atom. The standard InChI is InChI=1S/C20H40Si/c1-19(2,3)21(20(4,5)6,17-13-9-7-10-14-17)18-15-11-8-12-16-18/h17-18H,7-16H2,1-6H3. The molecule has 0 saturated heterocycles. The van der Waals surface area contributed by atoms with Crippen molar-refractivity contribution in [3.63, 3.8) is 0 Å². The first-order chi connectivity index (χ1) is 9.71. The lowest BCUT2D eigenvalue weighted by Crippen LogP contribution is -2.59. The van der Waals surface area contributed by atoms with Gasteiger partial charge in [0.25, 0.3) is 0 Å². The third-order valence-corrected chi connectivity index (χ3v) is 15.7. The summed E-state index contributed by atoms with van der Waals surface area (Å²) >= 11 is 0. The first-order valence-electron chi connectivity index (χ1n) is 9.71. The fraction of sp³-hybridized carbons (Fsp3) is 1.00. The zero-order valence-electron chi connectivity index (χ0n) is 15.7. The van der Waals surface area contributed by atoms with E-state index in [9.17, 15) is 0 Å². The zero-order valence-corrected chi connectivity index (χ0v) is 16.7. The second-order valence-electron chi connectivity index (χ2n) is 10.0. The van der Waals surface area contributed by atoms with Crippen LogP contribution in [-0.4, -0.2) is 8.07 Å². The maximum atomic E-state index is 2.62. The van der Waals surface area contributed by atoms with E-state index in [1.807, 2.05) is 0 Å². The van der Waals surface area contributed by atoms with Crippen LogP contribution in [0.15, 0.2) is 0 Å². The first-order valence-corrected chi connectivity index (χ1v) is 11.9. The predicted octanol–water partition coefficient (Wildman–Crippen LogP) is 7.70. The van der Waals surface area contributed by atoms with Gasteiger partial charge in [-0.15, -0.1) is 0 Å². The van der Waals surface area contributed by atoms with Crippen molar-refractivity contribution in [1.29, 1.82) is 0 Å². The fourth-order valence-electron chi connectivity index (χ4n) is 7.02. The van der Waals surface area contributed by atoms with E-state index in [1.54, 1.807) is 25.7 Å². The van der Waals surface area contributed by atoms with Crippen LogP contribution in [0.3, 0.4) is 0 Å². The molecule has 0 N–H and O–H groups in total. The summed E-state index contributed by atoms with van der Waals surface area (Å²) in [6, 6.07) is 0. The van der Waals surface area contributed by atoms with Gasteiger partial charge in [0.15, 0.2) is 0 Å². The normalized spacial score (nSPS) is 24.3. The van der Waals surface area contributed by atoms with E-state index < -0.39 is 8.07 Å². The van der Waals surface area contributed by atoms with Gasteiger partial charge >= 0.3 is 0 Å². The van der Waals surface area contributed by atoms with Crippen molar-refractivity contribution < 1.29 is 0 Å². The minimum Gasteiger partial charge on any atom is -0.0625 e. The Balaban J connectivity index is 2.47. The predicted molar refractivity (Wildman–Crippen MR) is 98.9 cm³/mol. The molecule has 0 aromatic heterocycles. The van der Waals surface area contributed by atoms with Gasteiger partial charge < -0.3 is 0 Å². The molecule has 0 aliphatic heterocycles. The molecule has 0 radical (unpaired) electrons. The van der Waals surface area contributed by atoms with Gasteiger partial charge in [-0.2, -0.15) is 0 Å². The Kier molecular flexibility index (Phi) is 5.33. The minimum absolute atomic E-state index is 0.551. The van der Waals surface area contributed by atoms with Gasteiger partial charge in [-0.05, 0) is 21.2 Å². The van der Waals surface area contributed by atoms with Crippen molar-refractivity contribution in [2.24, 2.45) is 0 Å². The number of rotatable bonds is 2. The summed E-state index contributed by atoms with van der Waals surface area (Å²) in [5.41, 5.74) is 2.18. The molecule has 2 aliphatic rings. The Labute approximate surface area is 135 Å². The molecule has 21 heavy (non-hydrogen) atoms. The second kappa shape index (κ2) is 6.38. The number of hydrogen-bond acceptors (Lipinski definition) is 0. The summed E-state index contributed by atoms with van der Waals surface area (Å²) in [6.45, 7) is 15.7. The highest BCUT2D eigenvalue weighted by Gasteiger charge is 2.60. The second-order valence-corrected chi connectivity index (χ2v) is 16.4. The van der Waals surface area contributed by atoms with Crippen LogP contribution >= 0.6 is 0 Å². The molecule has 2 fully saturated rings. The Hall–Kier alpha value is 0.217. The molecule has 2 rings (SSSR count). The molecule has 0 bridgehead atoms. The van der Waals surface area contributed by atoms with Gasteiger partial charge in [-0.1, -0.05) is 106 Å². The highest BCUT2D eigenvalue weighted by Crippen LogP contribution is 2.67. The van der Waals surface area contributed by atoms with Crippen LogP contribution in [0.5, 0.6) is 0 Å². The molecule has 124 valence electrons. The number of hydrogen-bond donors (Lipinski definition) is 0. The lowest BCUT2D eigenvalue weighted by molar-refractivity contribution is 0.405. The van der Waals surface area contributed by atoms with E-state index in [0.717, 1.165) is 11.1 Å². The van der Waals surface area contributed by atoms with Crippen LogP contribution in [0.1, 0.15) is 106 Å². The van der Waals surface area contributed by atoms with E-state index in [4.69, 9.17) is 0 Å². The molecule has 0 aromatic rings. The van der Waals surface area contributed by atoms with Crippen LogP contribution in [-0.2, 0) is 0 Å². The van der Waals surface area contributed by atoms with E-state index in [1.165, 1.54) is 38.5 Å². The molecular weight excluding hydrogens is 268 g/mol. The van der Waals surface area contributed by atoms with Gasteiger partial charge in [0.05, 0.1) is 8.07 Å². The topological polar surface area (TPSA) is 0 Å². The Morgan fingerprint density at radius 3 is 1.05 bits per heavy atom. The first kappa shape index (κ1) is 17.6. The average Bonchev–Trinajstić information content (AvgIpc) is 2.38. The fourth-order valence-corrected chi connectivity index (χ4v) is 17.5. The lowest BCUT2D eigenvalue weighted by Gasteiger charge is -2.62. The van der Waals surface area contributed by atoms with Crippen molar-refractivity contribution in [3.8, 4) is 0 Å². The minimum atomic E-state index is -1.40. The monoisotopic (exact) mass is 308 g/mol. The molecule has 0 nitrogen and oxygen atoms in total. The molecule has 2 saturated carbocycles. The van der Waals surface area contributed by atoms with Crippen LogP contribution in [0, 0.1) is 0 Å². The highest BCUT2D eigenvalue weighted by atomic mass is 28.3. The Bertz CT molecular complexity index is 285. The van der Waals surface area contributed by atoms with Gasteiger partial charge in [-0.3, -0.25) is 0 Å². The summed E-state index contributed by atoms with van der Waals surface area (Å²) in [7, 11) is -1.40. The van der Waals surface area contributed by atoms with Gasteiger partial charge in [0, 0.05) is 0 Å². The van der Waals surface area contributed by atoms with Gasteiger partial charge in [-0.25, -0.2) is 0 Å². The molecule has 0 spiro atoms. The molecule has 0 heterocycles. The maximum Gasteiger partial charge on any atom is 0.0705 e. The zero-order chi connectivity index (χ0) is 15.7.